The SMILES string of the molecule is O=C(CC1NC(=O)c2ccccc2NC1=O)NCc1ccccc1. The topological polar surface area (TPSA) is 87.3 Å². The van der Waals surface area contributed by atoms with Crippen LogP contribution in [-0.4, -0.2) is 23.8 Å². The molecule has 0 aromatic heterocycles. The van der Waals surface area contributed by atoms with Gasteiger partial charge in [0.2, 0.25) is 11.8 Å². The average molecular weight is 323 g/mol. The van der Waals surface area contributed by atoms with Crippen LogP contribution >= 0.6 is 0 Å². The van der Waals surface area contributed by atoms with Crippen LogP contribution in [0.3, 0.4) is 0 Å². The summed E-state index contributed by atoms with van der Waals surface area (Å²) in [4.78, 5) is 36.5. The van der Waals surface area contributed by atoms with Gasteiger partial charge in [0.05, 0.1) is 17.7 Å². The molecule has 24 heavy (non-hydrogen) atoms. The lowest BCUT2D eigenvalue weighted by molar-refractivity contribution is -0.125. The van der Waals surface area contributed by atoms with E-state index in [9.17, 15) is 14.4 Å². The second-order valence-electron chi connectivity index (χ2n) is 5.53. The Bertz CT molecular complexity index is 774. The van der Waals surface area contributed by atoms with E-state index in [2.05, 4.69) is 16.0 Å². The maximum Gasteiger partial charge on any atom is 0.254 e. The quantitative estimate of drug-likeness (QED) is 0.796. The molecule has 3 amide bonds. The van der Waals surface area contributed by atoms with Gasteiger partial charge in [-0.3, -0.25) is 14.4 Å². The van der Waals surface area contributed by atoms with Gasteiger partial charge in [0.25, 0.3) is 5.91 Å². The number of benzene rings is 2. The van der Waals surface area contributed by atoms with Crippen LogP contribution in [0.5, 0.6) is 0 Å². The first-order chi connectivity index (χ1) is 11.6. The van der Waals surface area contributed by atoms with Crippen molar-refractivity contribution in [3.8, 4) is 0 Å². The van der Waals surface area contributed by atoms with Crippen molar-refractivity contribution in [2.24, 2.45) is 0 Å². The molecule has 2 aromatic rings. The molecule has 6 heteroatoms. The van der Waals surface area contributed by atoms with E-state index in [0.717, 1.165) is 5.56 Å². The number of hydrogen-bond donors (Lipinski definition) is 3. The molecule has 1 atom stereocenters. The highest BCUT2D eigenvalue weighted by molar-refractivity contribution is 6.10. The van der Waals surface area contributed by atoms with Crippen LogP contribution in [0.2, 0.25) is 0 Å². The summed E-state index contributed by atoms with van der Waals surface area (Å²) >= 11 is 0. The number of hydrogen-bond acceptors (Lipinski definition) is 3. The minimum Gasteiger partial charge on any atom is -0.352 e. The molecular formula is C18H17N3O3. The lowest BCUT2D eigenvalue weighted by Gasteiger charge is -2.14. The summed E-state index contributed by atoms with van der Waals surface area (Å²) in [6.07, 6.45) is -0.113. The van der Waals surface area contributed by atoms with E-state index in [1.807, 2.05) is 30.3 Å². The number of rotatable bonds is 4. The molecule has 1 heterocycles. The smallest absolute Gasteiger partial charge is 0.254 e. The van der Waals surface area contributed by atoms with Crippen molar-refractivity contribution in [3.05, 3.63) is 65.7 Å². The number of carbonyl (C=O) groups is 3. The summed E-state index contributed by atoms with van der Waals surface area (Å²) in [5.74, 6) is -1.07. The average Bonchev–Trinajstić information content (AvgIpc) is 2.71. The third kappa shape index (κ3) is 3.60. The maximum atomic E-state index is 12.2. The third-order valence-corrected chi connectivity index (χ3v) is 3.77. The van der Waals surface area contributed by atoms with E-state index in [1.165, 1.54) is 0 Å². The maximum absolute atomic E-state index is 12.2. The molecule has 0 aliphatic carbocycles. The fourth-order valence-corrected chi connectivity index (χ4v) is 2.51. The molecule has 0 fully saturated rings. The minimum atomic E-state index is -0.902. The Morgan fingerprint density at radius 2 is 1.71 bits per heavy atom. The van der Waals surface area contributed by atoms with Crippen molar-refractivity contribution in [1.29, 1.82) is 0 Å². The molecule has 0 saturated heterocycles. The van der Waals surface area contributed by atoms with Crippen LogP contribution < -0.4 is 16.0 Å². The van der Waals surface area contributed by atoms with Crippen molar-refractivity contribution in [3.63, 3.8) is 0 Å². The first kappa shape index (κ1) is 15.7. The Hall–Kier alpha value is -3.15. The van der Waals surface area contributed by atoms with E-state index in [1.54, 1.807) is 24.3 Å². The number of fused-ring (bicyclic) bond motifs is 1. The van der Waals surface area contributed by atoms with Crippen molar-refractivity contribution in [2.75, 3.05) is 5.32 Å². The van der Waals surface area contributed by atoms with E-state index in [4.69, 9.17) is 0 Å². The van der Waals surface area contributed by atoms with Crippen molar-refractivity contribution in [1.82, 2.24) is 10.6 Å². The Kier molecular flexibility index (Phi) is 4.56. The predicted octanol–water partition coefficient (Wildman–Crippen LogP) is 1.44. The summed E-state index contributed by atoms with van der Waals surface area (Å²) in [6.45, 7) is 0.377. The third-order valence-electron chi connectivity index (χ3n) is 3.77. The van der Waals surface area contributed by atoms with Crippen molar-refractivity contribution >= 4 is 23.4 Å². The van der Waals surface area contributed by atoms with E-state index in [0.29, 0.717) is 17.8 Å². The highest BCUT2D eigenvalue weighted by atomic mass is 16.2. The second-order valence-corrected chi connectivity index (χ2v) is 5.53. The van der Waals surface area contributed by atoms with Crippen LogP contribution in [-0.2, 0) is 16.1 Å². The molecule has 0 saturated carbocycles. The first-order valence-electron chi connectivity index (χ1n) is 7.65. The summed E-state index contributed by atoms with van der Waals surface area (Å²) in [6, 6.07) is 15.3. The Morgan fingerprint density at radius 1 is 1.00 bits per heavy atom. The minimum absolute atomic E-state index is 0.113. The van der Waals surface area contributed by atoms with Crippen LogP contribution in [0.4, 0.5) is 5.69 Å². The number of anilines is 1. The van der Waals surface area contributed by atoms with E-state index < -0.39 is 11.9 Å². The molecule has 1 aliphatic rings. The van der Waals surface area contributed by atoms with Crippen LogP contribution in [0.15, 0.2) is 54.6 Å². The largest absolute Gasteiger partial charge is 0.352 e. The lowest BCUT2D eigenvalue weighted by atomic mass is 10.1. The standard InChI is InChI=1S/C18H17N3O3/c22-16(19-11-12-6-2-1-3-7-12)10-15-18(24)20-14-9-5-4-8-13(14)17(23)21-15/h1-9,15H,10-11H2,(H,19,22)(H,20,24)(H,21,23). The highest BCUT2D eigenvalue weighted by Gasteiger charge is 2.29. The van der Waals surface area contributed by atoms with Crippen LogP contribution in [0.1, 0.15) is 22.3 Å². The fraction of sp³-hybridized carbons (Fsp3) is 0.167. The van der Waals surface area contributed by atoms with Crippen molar-refractivity contribution in [2.45, 2.75) is 19.0 Å². The van der Waals surface area contributed by atoms with Crippen LogP contribution in [0.25, 0.3) is 0 Å². The number of para-hydroxylation sites is 1. The Morgan fingerprint density at radius 3 is 2.50 bits per heavy atom. The molecule has 6 nitrogen and oxygen atoms in total. The fourth-order valence-electron chi connectivity index (χ4n) is 2.51. The molecule has 122 valence electrons. The van der Waals surface area contributed by atoms with Crippen molar-refractivity contribution < 1.29 is 14.4 Å². The van der Waals surface area contributed by atoms with Gasteiger partial charge in [-0.05, 0) is 17.7 Å². The Labute approximate surface area is 139 Å². The number of carbonyl (C=O) groups excluding carboxylic acids is 3. The molecule has 0 spiro atoms. The monoisotopic (exact) mass is 323 g/mol. The van der Waals surface area contributed by atoms with Gasteiger partial charge in [0.1, 0.15) is 6.04 Å². The zero-order valence-corrected chi connectivity index (χ0v) is 12.9. The zero-order chi connectivity index (χ0) is 16.9. The first-order valence-corrected chi connectivity index (χ1v) is 7.65. The van der Waals surface area contributed by atoms with E-state index in [-0.39, 0.29) is 18.2 Å². The Balaban J connectivity index is 1.62. The summed E-state index contributed by atoms with van der Waals surface area (Å²) < 4.78 is 0. The number of nitrogens with one attached hydrogen (secondary N) is 3. The second kappa shape index (κ2) is 6.95. The lowest BCUT2D eigenvalue weighted by Crippen LogP contribution is -2.44. The van der Waals surface area contributed by atoms with Gasteiger partial charge in [-0.1, -0.05) is 42.5 Å². The highest BCUT2D eigenvalue weighted by Crippen LogP contribution is 2.18. The van der Waals surface area contributed by atoms with E-state index >= 15 is 0 Å². The van der Waals surface area contributed by atoms with Gasteiger partial charge < -0.3 is 16.0 Å². The van der Waals surface area contributed by atoms with Gasteiger partial charge in [-0.15, -0.1) is 0 Å². The predicted molar refractivity (Wildman–Crippen MR) is 89.2 cm³/mol. The normalized spacial score (nSPS) is 16.4. The van der Waals surface area contributed by atoms with Gasteiger partial charge in [-0.2, -0.15) is 0 Å². The molecular weight excluding hydrogens is 306 g/mol. The number of amides is 3. The molecule has 1 aliphatic heterocycles. The van der Waals surface area contributed by atoms with Crippen LogP contribution in [0, 0.1) is 0 Å². The van der Waals surface area contributed by atoms with Gasteiger partial charge >= 0.3 is 0 Å². The van der Waals surface area contributed by atoms with Gasteiger partial charge in [-0.25, -0.2) is 0 Å². The molecule has 3 rings (SSSR count). The molecule has 3 N–H and O–H groups in total. The molecule has 0 radical (unpaired) electrons. The van der Waals surface area contributed by atoms with Gasteiger partial charge in [0, 0.05) is 6.54 Å². The summed E-state index contributed by atoms with van der Waals surface area (Å²) in [5, 5.41) is 8.03. The molecule has 1 unspecified atom stereocenters. The van der Waals surface area contributed by atoms with Gasteiger partial charge in [0.15, 0.2) is 0 Å². The summed E-state index contributed by atoms with van der Waals surface area (Å²) in [5.41, 5.74) is 1.80. The molecule has 2 aromatic carbocycles. The molecule has 0 bridgehead atoms. The zero-order valence-electron chi connectivity index (χ0n) is 12.9. The summed E-state index contributed by atoms with van der Waals surface area (Å²) in [7, 11) is 0.